The summed E-state index contributed by atoms with van der Waals surface area (Å²) in [6.07, 6.45) is 0. The number of thiocarbonyl (C=S) groups is 1. The first kappa shape index (κ1) is 11.1. The van der Waals surface area contributed by atoms with Gasteiger partial charge >= 0.3 is 0 Å². The summed E-state index contributed by atoms with van der Waals surface area (Å²) >= 11 is 18.0. The summed E-state index contributed by atoms with van der Waals surface area (Å²) in [7, 11) is 1.78. The summed E-state index contributed by atoms with van der Waals surface area (Å²) in [5.41, 5.74) is 0. The molecule has 1 aromatic carbocycles. The molecule has 5 heteroatoms. The molecule has 0 atom stereocenters. The van der Waals surface area contributed by atoms with Gasteiger partial charge in [-0.15, -0.1) is 0 Å². The highest BCUT2D eigenvalue weighted by Crippen LogP contribution is 2.28. The van der Waals surface area contributed by atoms with Crippen LogP contribution in [-0.2, 0) is 0 Å². The minimum atomic E-state index is 0.547. The van der Waals surface area contributed by atoms with E-state index in [2.05, 4.69) is 5.32 Å². The summed E-state index contributed by atoms with van der Waals surface area (Å²) < 4.78 is 0.707. The molecular formula is C8H7Cl2NS2. The molecule has 13 heavy (non-hydrogen) atoms. The molecule has 0 aromatic heterocycles. The minimum absolute atomic E-state index is 0.547. The van der Waals surface area contributed by atoms with Crippen LogP contribution in [0, 0.1) is 0 Å². The van der Waals surface area contributed by atoms with E-state index < -0.39 is 0 Å². The Kier molecular flexibility index (Phi) is 4.32. The summed E-state index contributed by atoms with van der Waals surface area (Å²) in [6, 6.07) is 5.42. The van der Waals surface area contributed by atoms with Gasteiger partial charge in [0.05, 0.1) is 10.0 Å². The van der Waals surface area contributed by atoms with Gasteiger partial charge in [-0.1, -0.05) is 47.2 Å². The smallest absolute Gasteiger partial charge is 0.138 e. The second-order valence-corrected chi connectivity index (χ2v) is 4.78. The number of nitrogens with one attached hydrogen (secondary N) is 1. The van der Waals surface area contributed by atoms with Crippen molar-refractivity contribution in [2.45, 2.75) is 4.90 Å². The van der Waals surface area contributed by atoms with E-state index in [0.29, 0.717) is 14.4 Å². The molecule has 1 N–H and O–H groups in total. The Hall–Kier alpha value is 0.0400. The van der Waals surface area contributed by atoms with Crippen LogP contribution in [0.5, 0.6) is 0 Å². The zero-order valence-electron chi connectivity index (χ0n) is 6.80. The van der Waals surface area contributed by atoms with Crippen LogP contribution in [0.3, 0.4) is 0 Å². The van der Waals surface area contributed by atoms with Crippen molar-refractivity contribution in [3.8, 4) is 0 Å². The highest BCUT2D eigenvalue weighted by atomic mass is 35.5. The molecule has 0 aliphatic rings. The lowest BCUT2D eigenvalue weighted by atomic mass is 10.4. The van der Waals surface area contributed by atoms with Crippen LogP contribution in [0.25, 0.3) is 0 Å². The topological polar surface area (TPSA) is 12.0 Å². The van der Waals surface area contributed by atoms with E-state index in [1.165, 1.54) is 11.8 Å². The molecule has 1 nitrogen and oxygen atoms in total. The third-order valence-corrected chi connectivity index (χ3v) is 3.38. The second kappa shape index (κ2) is 5.05. The van der Waals surface area contributed by atoms with Gasteiger partial charge in [0, 0.05) is 11.9 Å². The fourth-order valence-electron chi connectivity index (χ4n) is 0.698. The third kappa shape index (κ3) is 3.35. The van der Waals surface area contributed by atoms with Crippen molar-refractivity contribution in [2.24, 2.45) is 0 Å². The largest absolute Gasteiger partial charge is 0.374 e. The number of hydrogen-bond donors (Lipinski definition) is 1. The van der Waals surface area contributed by atoms with E-state index >= 15 is 0 Å². The van der Waals surface area contributed by atoms with E-state index in [4.69, 9.17) is 35.4 Å². The average Bonchev–Trinajstić information content (AvgIpc) is 2.11. The van der Waals surface area contributed by atoms with E-state index in [-0.39, 0.29) is 0 Å². The maximum atomic E-state index is 5.83. The Bertz CT molecular complexity index is 328. The number of thioether (sulfide) groups is 1. The zero-order chi connectivity index (χ0) is 9.84. The monoisotopic (exact) mass is 251 g/mol. The van der Waals surface area contributed by atoms with Crippen LogP contribution in [0.4, 0.5) is 0 Å². The van der Waals surface area contributed by atoms with Crippen LogP contribution in [0.1, 0.15) is 0 Å². The fraction of sp³-hybridized carbons (Fsp3) is 0.125. The predicted molar refractivity (Wildman–Crippen MR) is 64.0 cm³/mol. The Balaban J connectivity index is 2.79. The summed E-state index contributed by atoms with van der Waals surface area (Å²) in [6.45, 7) is 0. The lowest BCUT2D eigenvalue weighted by molar-refractivity contribution is 1.23. The quantitative estimate of drug-likeness (QED) is 0.606. The van der Waals surface area contributed by atoms with E-state index in [0.717, 1.165) is 4.90 Å². The molecule has 0 spiro atoms. The van der Waals surface area contributed by atoms with Crippen molar-refractivity contribution >= 4 is 51.5 Å². The van der Waals surface area contributed by atoms with Gasteiger partial charge in [0.15, 0.2) is 0 Å². The van der Waals surface area contributed by atoms with E-state index in [9.17, 15) is 0 Å². The van der Waals surface area contributed by atoms with Crippen molar-refractivity contribution in [1.82, 2.24) is 5.32 Å². The van der Waals surface area contributed by atoms with Crippen molar-refractivity contribution in [3.05, 3.63) is 28.2 Å². The maximum absolute atomic E-state index is 5.83. The SMILES string of the molecule is CNC(=S)Sc1ccc(Cl)c(Cl)c1. The molecule has 0 heterocycles. The first-order valence-electron chi connectivity index (χ1n) is 3.48. The van der Waals surface area contributed by atoms with Gasteiger partial charge in [-0.05, 0) is 18.2 Å². The van der Waals surface area contributed by atoms with Crippen LogP contribution in [-0.4, -0.2) is 11.4 Å². The van der Waals surface area contributed by atoms with Crippen molar-refractivity contribution in [2.75, 3.05) is 7.05 Å². The summed E-state index contributed by atoms with van der Waals surface area (Å²) in [4.78, 5) is 0.980. The molecule has 0 amide bonds. The number of hydrogen-bond acceptors (Lipinski definition) is 2. The van der Waals surface area contributed by atoms with Gasteiger partial charge in [-0.3, -0.25) is 0 Å². The molecular weight excluding hydrogens is 245 g/mol. The van der Waals surface area contributed by atoms with Crippen LogP contribution in [0.15, 0.2) is 23.1 Å². The lowest BCUT2D eigenvalue weighted by Crippen LogP contribution is -2.10. The molecule has 70 valence electrons. The van der Waals surface area contributed by atoms with Gasteiger partial charge in [-0.25, -0.2) is 0 Å². The molecule has 1 aromatic rings. The molecule has 0 aliphatic heterocycles. The van der Waals surface area contributed by atoms with Gasteiger partial charge in [0.25, 0.3) is 0 Å². The van der Waals surface area contributed by atoms with Gasteiger partial charge < -0.3 is 5.32 Å². The van der Waals surface area contributed by atoms with Crippen LogP contribution >= 0.6 is 47.2 Å². The molecule has 1 rings (SSSR count). The first-order chi connectivity index (χ1) is 6.13. The molecule has 0 saturated carbocycles. The number of rotatable bonds is 1. The maximum Gasteiger partial charge on any atom is 0.138 e. The van der Waals surface area contributed by atoms with Gasteiger partial charge in [0.2, 0.25) is 0 Å². The van der Waals surface area contributed by atoms with Crippen molar-refractivity contribution in [1.29, 1.82) is 0 Å². The van der Waals surface area contributed by atoms with E-state index in [1.54, 1.807) is 19.2 Å². The van der Waals surface area contributed by atoms with Crippen molar-refractivity contribution in [3.63, 3.8) is 0 Å². The highest BCUT2D eigenvalue weighted by Gasteiger charge is 2.01. The second-order valence-electron chi connectivity index (χ2n) is 2.22. The summed E-state index contributed by atoms with van der Waals surface area (Å²) in [5, 5.41) is 3.97. The normalized spacial score (nSPS) is 9.77. The molecule has 0 bridgehead atoms. The molecule has 0 saturated heterocycles. The Morgan fingerprint density at radius 3 is 2.62 bits per heavy atom. The van der Waals surface area contributed by atoms with Gasteiger partial charge in [0.1, 0.15) is 4.32 Å². The average molecular weight is 252 g/mol. The molecule has 0 unspecified atom stereocenters. The molecule has 0 aliphatic carbocycles. The highest BCUT2D eigenvalue weighted by molar-refractivity contribution is 8.23. The van der Waals surface area contributed by atoms with E-state index in [1.807, 2.05) is 6.07 Å². The Morgan fingerprint density at radius 2 is 2.08 bits per heavy atom. The minimum Gasteiger partial charge on any atom is -0.374 e. The molecule has 0 fully saturated rings. The standard InChI is InChI=1S/C8H7Cl2NS2/c1-11-8(12)13-5-2-3-6(9)7(10)4-5/h2-4H,1H3,(H,11,12). The van der Waals surface area contributed by atoms with Crippen LogP contribution < -0.4 is 5.32 Å². The molecule has 0 radical (unpaired) electrons. The van der Waals surface area contributed by atoms with Crippen molar-refractivity contribution < 1.29 is 0 Å². The zero-order valence-corrected chi connectivity index (χ0v) is 9.95. The fourth-order valence-corrected chi connectivity index (χ4v) is 1.98. The van der Waals surface area contributed by atoms with Crippen LogP contribution in [0.2, 0.25) is 10.0 Å². The number of halogens is 2. The summed E-state index contributed by atoms with van der Waals surface area (Å²) in [5.74, 6) is 0. The predicted octanol–water partition coefficient (Wildman–Crippen LogP) is 3.59. The van der Waals surface area contributed by atoms with Gasteiger partial charge in [-0.2, -0.15) is 0 Å². The Labute approximate surface area is 96.8 Å². The number of benzene rings is 1. The lowest BCUT2D eigenvalue weighted by Gasteiger charge is -2.03. The first-order valence-corrected chi connectivity index (χ1v) is 5.46. The third-order valence-electron chi connectivity index (χ3n) is 1.31. The Morgan fingerprint density at radius 1 is 1.38 bits per heavy atom.